The van der Waals surface area contributed by atoms with Gasteiger partial charge in [-0.05, 0) is 32.0 Å². The highest BCUT2D eigenvalue weighted by molar-refractivity contribution is 5.95. The number of nitrogens with one attached hydrogen (secondary N) is 2. The molecule has 5 aromatic heterocycles. The van der Waals surface area contributed by atoms with Crippen LogP contribution in [0, 0.1) is 0 Å². The van der Waals surface area contributed by atoms with Crippen LogP contribution in [0.5, 0.6) is 0 Å². The molecule has 2 aliphatic rings. The molecule has 2 N–H and O–H groups in total. The maximum absolute atomic E-state index is 4.94. The summed E-state index contributed by atoms with van der Waals surface area (Å²) < 4.78 is 2.06. The molecule has 1 aliphatic carbocycles. The minimum atomic E-state index is 0.554. The lowest BCUT2D eigenvalue weighted by molar-refractivity contribution is 0.312. The van der Waals surface area contributed by atoms with E-state index in [4.69, 9.17) is 4.98 Å². The lowest BCUT2D eigenvalue weighted by Crippen LogP contribution is -2.44. The Morgan fingerprint density at radius 2 is 1.91 bits per heavy atom. The Balaban J connectivity index is 1.29. The van der Waals surface area contributed by atoms with Crippen molar-refractivity contribution in [2.75, 3.05) is 38.1 Å². The van der Waals surface area contributed by atoms with Gasteiger partial charge in [0.2, 0.25) is 0 Å². The van der Waals surface area contributed by atoms with Crippen LogP contribution >= 0.6 is 0 Å². The van der Waals surface area contributed by atoms with Crippen molar-refractivity contribution < 1.29 is 0 Å². The van der Waals surface area contributed by atoms with Crippen molar-refractivity contribution in [2.45, 2.75) is 18.9 Å². The molecule has 0 spiro atoms. The Hall–Kier alpha value is -3.79. The van der Waals surface area contributed by atoms with Gasteiger partial charge < -0.3 is 14.8 Å². The van der Waals surface area contributed by atoms with Gasteiger partial charge in [0, 0.05) is 55.9 Å². The quantitative estimate of drug-likeness (QED) is 0.442. The first kappa shape index (κ1) is 18.8. The average Bonchev–Trinajstić information content (AvgIpc) is 3.23. The summed E-state index contributed by atoms with van der Waals surface area (Å²) in [5.74, 6) is 1.64. The lowest BCUT2D eigenvalue weighted by Gasteiger charge is -2.33. The topological polar surface area (TPSA) is 107 Å². The van der Waals surface area contributed by atoms with Gasteiger partial charge in [-0.25, -0.2) is 15.0 Å². The Labute approximate surface area is 189 Å². The summed E-state index contributed by atoms with van der Waals surface area (Å²) in [6, 6.07) is 4.64. The molecular weight excluding hydrogens is 416 g/mol. The third-order valence-electron chi connectivity index (χ3n) is 6.68. The first-order valence-electron chi connectivity index (χ1n) is 11.4. The van der Waals surface area contributed by atoms with Crippen LogP contribution in [0.3, 0.4) is 0 Å². The van der Waals surface area contributed by atoms with Crippen LogP contribution in [0.2, 0.25) is 0 Å². The molecule has 33 heavy (non-hydrogen) atoms. The minimum absolute atomic E-state index is 0.554. The number of hydrogen-bond donors (Lipinski definition) is 2. The summed E-state index contributed by atoms with van der Waals surface area (Å²) in [7, 11) is 2.15. The zero-order valence-corrected chi connectivity index (χ0v) is 18.4. The van der Waals surface area contributed by atoms with Crippen molar-refractivity contribution >= 4 is 27.9 Å². The number of likely N-dealkylation sites (N-methyl/N-ethyl adjacent to an activating group) is 1. The number of nitrogens with zero attached hydrogens (tertiary/aromatic N) is 8. The van der Waals surface area contributed by atoms with Crippen LogP contribution < -0.4 is 4.90 Å². The molecule has 10 nitrogen and oxygen atoms in total. The van der Waals surface area contributed by atoms with Crippen molar-refractivity contribution in [1.82, 2.24) is 44.8 Å². The van der Waals surface area contributed by atoms with E-state index in [0.717, 1.165) is 70.9 Å². The number of aromatic nitrogens is 8. The van der Waals surface area contributed by atoms with Crippen molar-refractivity contribution in [2.24, 2.45) is 0 Å². The maximum atomic E-state index is 4.94. The fourth-order valence-corrected chi connectivity index (χ4v) is 4.55. The van der Waals surface area contributed by atoms with E-state index in [1.54, 1.807) is 0 Å². The second kappa shape index (κ2) is 7.11. The molecule has 0 bridgehead atoms. The molecule has 0 amide bonds. The van der Waals surface area contributed by atoms with E-state index in [2.05, 4.69) is 64.0 Å². The molecule has 10 heteroatoms. The first-order chi connectivity index (χ1) is 16.2. The summed E-state index contributed by atoms with van der Waals surface area (Å²) in [6.45, 7) is 3.92. The lowest BCUT2D eigenvalue weighted by atomic mass is 10.1. The monoisotopic (exact) mass is 440 g/mol. The highest BCUT2D eigenvalue weighted by Gasteiger charge is 2.25. The van der Waals surface area contributed by atoms with Gasteiger partial charge in [0.05, 0.1) is 23.1 Å². The van der Waals surface area contributed by atoms with E-state index >= 15 is 0 Å². The molecule has 0 aromatic carbocycles. The summed E-state index contributed by atoms with van der Waals surface area (Å²) in [6.07, 6.45) is 10.2. The summed E-state index contributed by atoms with van der Waals surface area (Å²) in [4.78, 5) is 22.3. The molecule has 1 aliphatic heterocycles. The van der Waals surface area contributed by atoms with Crippen molar-refractivity contribution in [3.05, 3.63) is 36.9 Å². The molecule has 1 saturated heterocycles. The van der Waals surface area contributed by atoms with Crippen LogP contribution in [0.4, 0.5) is 5.82 Å². The van der Waals surface area contributed by atoms with Gasteiger partial charge in [-0.3, -0.25) is 9.78 Å². The fraction of sp³-hybridized carbons (Fsp3) is 0.348. The van der Waals surface area contributed by atoms with Crippen LogP contribution in [0.1, 0.15) is 18.9 Å². The van der Waals surface area contributed by atoms with Crippen LogP contribution in [-0.2, 0) is 0 Å². The molecule has 5 aromatic rings. The van der Waals surface area contributed by atoms with E-state index in [1.165, 1.54) is 12.8 Å². The molecule has 6 heterocycles. The van der Waals surface area contributed by atoms with Crippen molar-refractivity contribution in [3.63, 3.8) is 0 Å². The second-order valence-electron chi connectivity index (χ2n) is 9.04. The molecule has 0 radical (unpaired) electrons. The predicted molar refractivity (Wildman–Crippen MR) is 126 cm³/mol. The molecule has 0 atom stereocenters. The molecule has 2 fully saturated rings. The Morgan fingerprint density at radius 1 is 1.03 bits per heavy atom. The number of pyridine rings is 2. The van der Waals surface area contributed by atoms with E-state index in [9.17, 15) is 0 Å². The highest BCUT2D eigenvalue weighted by Crippen LogP contribution is 2.36. The number of hydrogen-bond acceptors (Lipinski definition) is 7. The maximum Gasteiger partial charge on any atom is 0.159 e. The number of piperazine rings is 1. The van der Waals surface area contributed by atoms with Gasteiger partial charge in [0.25, 0.3) is 0 Å². The molecule has 1 saturated carbocycles. The van der Waals surface area contributed by atoms with Crippen molar-refractivity contribution in [3.8, 4) is 22.6 Å². The molecule has 0 unspecified atom stereocenters. The third kappa shape index (κ3) is 3.17. The fourth-order valence-electron chi connectivity index (χ4n) is 4.55. The Bertz CT molecular complexity index is 1470. The largest absolute Gasteiger partial charge is 0.352 e. The first-order valence-corrected chi connectivity index (χ1v) is 11.4. The Kier molecular flexibility index (Phi) is 4.04. The molecular formula is C23H24N10. The van der Waals surface area contributed by atoms with Gasteiger partial charge in [0.1, 0.15) is 11.2 Å². The minimum Gasteiger partial charge on any atom is -0.352 e. The van der Waals surface area contributed by atoms with Crippen LogP contribution in [0.25, 0.3) is 44.7 Å². The van der Waals surface area contributed by atoms with E-state index in [1.807, 2.05) is 24.7 Å². The van der Waals surface area contributed by atoms with Gasteiger partial charge in [-0.1, -0.05) is 0 Å². The SMILES string of the molecule is CN1CCN(c2nccc3[nH]c(-c4n[nH]c5ncc(-c6cnn(C7CC7)c6)cc45)nc23)CC1. The van der Waals surface area contributed by atoms with Gasteiger partial charge >= 0.3 is 0 Å². The zero-order valence-electron chi connectivity index (χ0n) is 18.4. The summed E-state index contributed by atoms with van der Waals surface area (Å²) >= 11 is 0. The standard InChI is InChI=1S/C23H24N10/c1-31-6-8-32(9-7-31)23-20-18(4-5-24-23)27-22(28-20)19-17-10-14(11-25-21(17)30-29-19)15-12-26-33(13-15)16-2-3-16/h4-5,10-13,16H,2-3,6-9H2,1H3,(H,27,28)(H,25,29,30). The van der Waals surface area contributed by atoms with E-state index in [-0.39, 0.29) is 0 Å². The average molecular weight is 441 g/mol. The molecule has 166 valence electrons. The number of imidazole rings is 1. The summed E-state index contributed by atoms with van der Waals surface area (Å²) in [5.41, 5.74) is 5.42. The normalized spacial score (nSPS) is 17.4. The number of aromatic amines is 2. The summed E-state index contributed by atoms with van der Waals surface area (Å²) in [5, 5.41) is 13.1. The molecule has 7 rings (SSSR count). The third-order valence-corrected chi connectivity index (χ3v) is 6.68. The zero-order chi connectivity index (χ0) is 21.9. The van der Waals surface area contributed by atoms with Gasteiger partial charge in [0.15, 0.2) is 17.3 Å². The van der Waals surface area contributed by atoms with Gasteiger partial charge in [-0.15, -0.1) is 0 Å². The second-order valence-corrected chi connectivity index (χ2v) is 9.04. The Morgan fingerprint density at radius 3 is 2.76 bits per heavy atom. The van der Waals surface area contributed by atoms with Gasteiger partial charge in [-0.2, -0.15) is 10.2 Å². The van der Waals surface area contributed by atoms with E-state index < -0.39 is 0 Å². The number of fused-ring (bicyclic) bond motifs is 2. The number of anilines is 1. The number of H-pyrrole nitrogens is 2. The van der Waals surface area contributed by atoms with Crippen LogP contribution in [-0.4, -0.2) is 78.0 Å². The number of rotatable bonds is 4. The highest BCUT2D eigenvalue weighted by atomic mass is 15.3. The smallest absolute Gasteiger partial charge is 0.159 e. The van der Waals surface area contributed by atoms with Crippen molar-refractivity contribution in [1.29, 1.82) is 0 Å². The van der Waals surface area contributed by atoms with Crippen LogP contribution in [0.15, 0.2) is 36.9 Å². The van der Waals surface area contributed by atoms with E-state index in [0.29, 0.717) is 11.9 Å². The predicted octanol–water partition coefficient (Wildman–Crippen LogP) is 2.85.